The van der Waals surface area contributed by atoms with E-state index in [1.807, 2.05) is 6.92 Å². The molecule has 4 saturated carbocycles. The predicted molar refractivity (Wildman–Crippen MR) is 113 cm³/mol. The van der Waals surface area contributed by atoms with Gasteiger partial charge in [-0.25, -0.2) is 0 Å². The van der Waals surface area contributed by atoms with E-state index in [0.717, 1.165) is 51.4 Å². The summed E-state index contributed by atoms with van der Waals surface area (Å²) >= 11 is 0. The Morgan fingerprint density at radius 1 is 1.07 bits per heavy atom. The van der Waals surface area contributed by atoms with Gasteiger partial charge >= 0.3 is 0 Å². The molecule has 6 N–H and O–H groups in total. The molecule has 0 spiro atoms. The second kappa shape index (κ2) is 7.69. The van der Waals surface area contributed by atoms with Crippen molar-refractivity contribution in [1.29, 1.82) is 5.41 Å². The second-order valence-corrected chi connectivity index (χ2v) is 10.9. The van der Waals surface area contributed by atoms with Crippen molar-refractivity contribution in [3.05, 3.63) is 0 Å². The molecule has 4 rings (SSSR count). The first-order chi connectivity index (χ1) is 13.7. The summed E-state index contributed by atoms with van der Waals surface area (Å²) < 4.78 is 6.25. The van der Waals surface area contributed by atoms with Crippen LogP contribution in [0.4, 0.5) is 0 Å². The summed E-state index contributed by atoms with van der Waals surface area (Å²) in [5.41, 5.74) is 5.71. The summed E-state index contributed by atoms with van der Waals surface area (Å²) in [5.74, 6) is 1.97. The molecule has 0 aromatic rings. The minimum absolute atomic E-state index is 0.0527. The van der Waals surface area contributed by atoms with Gasteiger partial charge in [0.15, 0.2) is 5.96 Å². The topological polar surface area (TPSA) is 112 Å². The molecule has 0 saturated heterocycles. The number of fused-ring (bicyclic) bond motifs is 5. The van der Waals surface area contributed by atoms with Gasteiger partial charge in [0, 0.05) is 0 Å². The molecule has 4 aliphatic carbocycles. The van der Waals surface area contributed by atoms with Crippen molar-refractivity contribution in [2.75, 3.05) is 0 Å². The number of rotatable bonds is 4. The van der Waals surface area contributed by atoms with Gasteiger partial charge in [-0.1, -0.05) is 20.8 Å². The van der Waals surface area contributed by atoms with Crippen LogP contribution in [0, 0.1) is 39.9 Å². The van der Waals surface area contributed by atoms with E-state index in [-0.39, 0.29) is 47.2 Å². The Morgan fingerprint density at radius 3 is 2.45 bits per heavy atom. The monoisotopic (exact) mass is 407 g/mol. The van der Waals surface area contributed by atoms with Gasteiger partial charge in [-0.05, 0) is 92.3 Å². The van der Waals surface area contributed by atoms with Crippen molar-refractivity contribution >= 4 is 5.96 Å². The van der Waals surface area contributed by atoms with Crippen LogP contribution in [0.3, 0.4) is 0 Å². The van der Waals surface area contributed by atoms with Crippen LogP contribution in [0.5, 0.6) is 0 Å². The van der Waals surface area contributed by atoms with Crippen LogP contribution in [0.15, 0.2) is 0 Å². The first-order valence-corrected chi connectivity index (χ1v) is 11.8. The Hall–Kier alpha value is -0.850. The van der Waals surface area contributed by atoms with Gasteiger partial charge in [0.1, 0.15) is 6.23 Å². The highest BCUT2D eigenvalue weighted by Gasteiger charge is 2.62. The summed E-state index contributed by atoms with van der Waals surface area (Å²) in [7, 11) is 0. The predicted octanol–water partition coefficient (Wildman–Crippen LogP) is 2.97. The molecule has 166 valence electrons. The maximum Gasteiger partial charge on any atom is 0.187 e. The molecule has 0 aromatic heterocycles. The number of guanidine groups is 1. The molecule has 4 fully saturated rings. The van der Waals surface area contributed by atoms with E-state index in [2.05, 4.69) is 19.2 Å². The largest absolute Gasteiger partial charge is 0.393 e. The van der Waals surface area contributed by atoms with Crippen molar-refractivity contribution in [3.63, 3.8) is 0 Å². The molecule has 0 radical (unpaired) electrons. The van der Waals surface area contributed by atoms with E-state index < -0.39 is 0 Å². The fraction of sp³-hybridized carbons (Fsp3) is 0.957. The minimum atomic E-state index is -0.284. The summed E-state index contributed by atoms with van der Waals surface area (Å²) in [6.07, 6.45) is 8.40. The van der Waals surface area contributed by atoms with E-state index in [1.165, 1.54) is 6.42 Å². The maximum atomic E-state index is 11.2. The molecular formula is C23H41N3O3. The van der Waals surface area contributed by atoms with Crippen LogP contribution in [-0.2, 0) is 4.74 Å². The van der Waals surface area contributed by atoms with Crippen LogP contribution in [0.25, 0.3) is 0 Å². The molecular weight excluding hydrogens is 366 g/mol. The molecule has 10 atom stereocenters. The van der Waals surface area contributed by atoms with Crippen LogP contribution < -0.4 is 11.1 Å². The van der Waals surface area contributed by atoms with Crippen LogP contribution in [0.1, 0.15) is 78.6 Å². The van der Waals surface area contributed by atoms with Crippen molar-refractivity contribution in [3.8, 4) is 0 Å². The van der Waals surface area contributed by atoms with Gasteiger partial charge < -0.3 is 26.0 Å². The van der Waals surface area contributed by atoms with Crippen LogP contribution in [0.2, 0.25) is 0 Å². The average molecular weight is 408 g/mol. The zero-order chi connectivity index (χ0) is 21.0. The lowest BCUT2D eigenvalue weighted by Gasteiger charge is -2.62. The lowest BCUT2D eigenvalue weighted by molar-refractivity contribution is -0.185. The fourth-order valence-corrected chi connectivity index (χ4v) is 8.00. The molecule has 6 nitrogen and oxygen atoms in total. The Labute approximate surface area is 175 Å². The zero-order valence-electron chi connectivity index (χ0n) is 18.4. The van der Waals surface area contributed by atoms with Crippen LogP contribution >= 0.6 is 0 Å². The summed E-state index contributed by atoms with van der Waals surface area (Å²) in [5, 5.41) is 32.3. The molecule has 29 heavy (non-hydrogen) atoms. The highest BCUT2D eigenvalue weighted by Crippen LogP contribution is 2.66. The lowest BCUT2D eigenvalue weighted by Crippen LogP contribution is -2.59. The average Bonchev–Trinajstić information content (AvgIpc) is 2.97. The summed E-state index contributed by atoms with van der Waals surface area (Å²) in [6.45, 7) is 6.75. The standard InChI is InChI=1S/C23H41N3O3/c1-4-20(26-21(24)25)29-13-7-9-22(2)16-8-10-23(3)15(5-6-19(23)28)14(16)12-18(27)17(22)11-13/h13-20,27-28H,4-12H2,1-3H3,(H4,24,25,26)/t13-,14-,15-,16-,17+,18+,19-,20?,22+,23-/m0/s1. The maximum absolute atomic E-state index is 11.2. The molecule has 0 aliphatic heterocycles. The number of ether oxygens (including phenoxy) is 1. The van der Waals surface area contributed by atoms with Crippen molar-refractivity contribution in [2.24, 2.45) is 40.2 Å². The molecule has 0 aromatic carbocycles. The smallest absolute Gasteiger partial charge is 0.187 e. The Balaban J connectivity index is 1.49. The normalized spacial score (nSPS) is 50.2. The number of hydrogen-bond donors (Lipinski definition) is 5. The third-order valence-corrected chi connectivity index (χ3v) is 9.63. The van der Waals surface area contributed by atoms with Gasteiger partial charge in [-0.3, -0.25) is 5.41 Å². The van der Waals surface area contributed by atoms with E-state index in [4.69, 9.17) is 15.9 Å². The molecule has 4 aliphatic rings. The highest BCUT2D eigenvalue weighted by atomic mass is 16.5. The summed E-state index contributed by atoms with van der Waals surface area (Å²) in [6, 6.07) is 0. The SMILES string of the molecule is CCC(NC(=N)N)O[C@H]1CC[C@@]2(C)[C@H](C1)[C@H](O)C[C@@H]1[C@@H]2CC[C@]2(C)[C@@H](O)CC[C@@H]12. The Morgan fingerprint density at radius 2 is 1.76 bits per heavy atom. The van der Waals surface area contributed by atoms with Gasteiger partial charge in [-0.2, -0.15) is 0 Å². The molecule has 0 bridgehead atoms. The lowest BCUT2D eigenvalue weighted by atomic mass is 9.44. The number of aliphatic hydroxyl groups is 2. The molecule has 0 heterocycles. The van der Waals surface area contributed by atoms with E-state index in [0.29, 0.717) is 17.8 Å². The van der Waals surface area contributed by atoms with E-state index >= 15 is 0 Å². The van der Waals surface area contributed by atoms with Crippen molar-refractivity contribution in [1.82, 2.24) is 5.32 Å². The number of nitrogens with two attached hydrogens (primary N) is 1. The van der Waals surface area contributed by atoms with Gasteiger partial charge in [-0.15, -0.1) is 0 Å². The van der Waals surface area contributed by atoms with Gasteiger partial charge in [0.25, 0.3) is 0 Å². The van der Waals surface area contributed by atoms with Crippen molar-refractivity contribution in [2.45, 2.75) is 103 Å². The Kier molecular flexibility index (Phi) is 5.67. The zero-order valence-corrected chi connectivity index (χ0v) is 18.4. The fourth-order valence-electron chi connectivity index (χ4n) is 8.00. The number of nitrogens with one attached hydrogen (secondary N) is 2. The van der Waals surface area contributed by atoms with Gasteiger partial charge in [0.2, 0.25) is 0 Å². The molecule has 6 heteroatoms. The van der Waals surface area contributed by atoms with Crippen molar-refractivity contribution < 1.29 is 14.9 Å². The quantitative estimate of drug-likeness (QED) is 0.279. The third-order valence-electron chi connectivity index (χ3n) is 9.63. The third kappa shape index (κ3) is 3.49. The first-order valence-electron chi connectivity index (χ1n) is 11.8. The number of aliphatic hydroxyl groups excluding tert-OH is 2. The number of hydrogen-bond acceptors (Lipinski definition) is 4. The second-order valence-electron chi connectivity index (χ2n) is 10.9. The van der Waals surface area contributed by atoms with Gasteiger partial charge in [0.05, 0.1) is 18.3 Å². The van der Waals surface area contributed by atoms with Crippen LogP contribution in [-0.4, -0.2) is 40.7 Å². The first kappa shape index (κ1) is 21.4. The minimum Gasteiger partial charge on any atom is -0.393 e. The van der Waals surface area contributed by atoms with E-state index in [1.54, 1.807) is 0 Å². The summed E-state index contributed by atoms with van der Waals surface area (Å²) in [4.78, 5) is 0. The van der Waals surface area contributed by atoms with E-state index in [9.17, 15) is 10.2 Å². The Bertz CT molecular complexity index is 630. The highest BCUT2D eigenvalue weighted by molar-refractivity contribution is 5.74. The molecule has 1 unspecified atom stereocenters. The molecule has 0 amide bonds.